The Morgan fingerprint density at radius 1 is 1.22 bits per heavy atom. The Morgan fingerprint density at radius 3 is 2.62 bits per heavy atom. The van der Waals surface area contributed by atoms with E-state index in [1.54, 1.807) is 11.1 Å². The van der Waals surface area contributed by atoms with E-state index in [2.05, 4.69) is 33.5 Å². The molecule has 1 fully saturated rings. The second-order valence-electron chi connectivity index (χ2n) is 9.17. The van der Waals surface area contributed by atoms with Crippen LogP contribution in [-0.2, 0) is 11.3 Å². The third-order valence-electron chi connectivity index (χ3n) is 5.81. The summed E-state index contributed by atoms with van der Waals surface area (Å²) in [4.78, 5) is 31.5. The Hall–Kier alpha value is -3.09. The summed E-state index contributed by atoms with van der Waals surface area (Å²) < 4.78 is 5.52. The highest BCUT2D eigenvalue weighted by molar-refractivity contribution is 7.78. The number of benzene rings is 1. The van der Waals surface area contributed by atoms with Gasteiger partial charge in [0.1, 0.15) is 11.3 Å². The summed E-state index contributed by atoms with van der Waals surface area (Å²) >= 11 is 5.05. The van der Waals surface area contributed by atoms with E-state index in [0.29, 0.717) is 37.1 Å². The minimum Gasteiger partial charge on any atom is -0.444 e. The summed E-state index contributed by atoms with van der Waals surface area (Å²) in [6.07, 6.45) is 3.25. The minimum atomic E-state index is -0.492. The van der Waals surface area contributed by atoms with Crippen LogP contribution in [0.1, 0.15) is 61.1 Å². The van der Waals surface area contributed by atoms with Gasteiger partial charge in [-0.25, -0.2) is 4.79 Å². The van der Waals surface area contributed by atoms with E-state index in [-0.39, 0.29) is 12.0 Å². The highest BCUT2D eigenvalue weighted by Gasteiger charge is 2.31. The maximum atomic E-state index is 12.4. The normalized spacial score (nSPS) is 17.0. The van der Waals surface area contributed by atoms with Crippen LogP contribution in [0.25, 0.3) is 0 Å². The van der Waals surface area contributed by atoms with Gasteiger partial charge in [0, 0.05) is 19.3 Å². The van der Waals surface area contributed by atoms with Gasteiger partial charge in [0.25, 0.3) is 5.91 Å². The van der Waals surface area contributed by atoms with Crippen molar-refractivity contribution in [1.82, 2.24) is 15.2 Å². The molecule has 0 unspecified atom stereocenters. The van der Waals surface area contributed by atoms with Crippen LogP contribution in [-0.4, -0.2) is 45.6 Å². The fourth-order valence-corrected chi connectivity index (χ4v) is 4.48. The molecule has 2 amide bonds. The molecule has 168 valence electrons. The molecule has 3 heterocycles. The highest BCUT2D eigenvalue weighted by Crippen LogP contribution is 2.34. The second kappa shape index (κ2) is 8.81. The Morgan fingerprint density at radius 2 is 1.94 bits per heavy atom. The Labute approximate surface area is 193 Å². The van der Waals surface area contributed by atoms with Gasteiger partial charge in [-0.2, -0.15) is 0 Å². The molecule has 2 N–H and O–H groups in total. The molecule has 2 aliphatic heterocycles. The number of anilines is 1. The molecule has 8 heteroatoms. The van der Waals surface area contributed by atoms with Crippen molar-refractivity contribution in [2.75, 3.05) is 18.0 Å². The number of aromatic nitrogens is 1. The van der Waals surface area contributed by atoms with Crippen molar-refractivity contribution >= 4 is 34.9 Å². The van der Waals surface area contributed by atoms with Crippen LogP contribution in [0.3, 0.4) is 0 Å². The van der Waals surface area contributed by atoms with Crippen molar-refractivity contribution in [3.05, 3.63) is 59.2 Å². The zero-order chi connectivity index (χ0) is 22.9. The summed E-state index contributed by atoms with van der Waals surface area (Å²) in [5, 5.41) is 5.51. The van der Waals surface area contributed by atoms with E-state index in [0.717, 1.165) is 24.1 Å². The van der Waals surface area contributed by atoms with Crippen molar-refractivity contribution in [1.29, 1.82) is 0 Å². The molecule has 0 radical (unpaired) electrons. The molecule has 0 bridgehead atoms. The lowest BCUT2D eigenvalue weighted by Gasteiger charge is -2.35. The van der Waals surface area contributed by atoms with E-state index >= 15 is 0 Å². The molecule has 1 aromatic heterocycles. The third-order valence-corrected chi connectivity index (χ3v) is 6.00. The molecule has 4 rings (SSSR count). The summed E-state index contributed by atoms with van der Waals surface area (Å²) in [7, 11) is 0. The maximum Gasteiger partial charge on any atom is 0.410 e. The number of piperidine rings is 1. The first kappa shape index (κ1) is 22.1. The number of carbonyl (C=O) groups is 2. The van der Waals surface area contributed by atoms with Gasteiger partial charge in [0.05, 0.1) is 12.2 Å². The number of hydrogen-bond acceptors (Lipinski definition) is 5. The van der Waals surface area contributed by atoms with Gasteiger partial charge in [0.2, 0.25) is 0 Å². The van der Waals surface area contributed by atoms with Crippen LogP contribution in [0.2, 0.25) is 0 Å². The average molecular weight is 453 g/mol. The van der Waals surface area contributed by atoms with Gasteiger partial charge in [-0.05, 0) is 74.0 Å². The van der Waals surface area contributed by atoms with Gasteiger partial charge in [-0.15, -0.1) is 0 Å². The number of likely N-dealkylation sites (tertiary alicyclic amines) is 1. The quantitative estimate of drug-likeness (QED) is 0.679. The number of H-pyrrole nitrogens is 1. The second-order valence-corrected chi connectivity index (χ2v) is 9.37. The smallest absolute Gasteiger partial charge is 0.410 e. The number of hydrogen-bond donors (Lipinski definition) is 2. The summed E-state index contributed by atoms with van der Waals surface area (Å²) in [6.45, 7) is 7.55. The summed E-state index contributed by atoms with van der Waals surface area (Å²) in [5.74, 6) is 0.609. The van der Waals surface area contributed by atoms with Crippen molar-refractivity contribution in [3.63, 3.8) is 0 Å². The van der Waals surface area contributed by atoms with E-state index in [1.165, 1.54) is 5.56 Å². The average Bonchev–Trinajstić information content (AvgIpc) is 3.25. The molecule has 7 nitrogen and oxygen atoms in total. The zero-order valence-electron chi connectivity index (χ0n) is 18.6. The van der Waals surface area contributed by atoms with Crippen molar-refractivity contribution in [2.45, 2.75) is 51.7 Å². The van der Waals surface area contributed by atoms with Gasteiger partial charge in [-0.3, -0.25) is 10.1 Å². The summed E-state index contributed by atoms with van der Waals surface area (Å²) in [6, 6.07) is 10.2. The molecule has 0 atom stereocenters. The van der Waals surface area contributed by atoms with Crippen LogP contribution in [0.5, 0.6) is 0 Å². The number of nitrogens with zero attached hydrogens (tertiary/aromatic N) is 2. The zero-order valence-corrected chi connectivity index (χ0v) is 19.4. The third kappa shape index (κ3) is 4.56. The lowest BCUT2D eigenvalue weighted by Crippen LogP contribution is -2.42. The summed E-state index contributed by atoms with van der Waals surface area (Å²) in [5.41, 5.74) is 3.23. The number of nitrogens with one attached hydrogen (secondary N) is 2. The monoisotopic (exact) mass is 452 g/mol. The van der Waals surface area contributed by atoms with Crippen molar-refractivity contribution < 1.29 is 14.3 Å². The van der Waals surface area contributed by atoms with E-state index in [1.807, 2.05) is 37.8 Å². The molecule has 2 aliphatic rings. The Kier molecular flexibility index (Phi) is 6.09. The number of ether oxygens (including phenoxy) is 1. The molecule has 0 aliphatic carbocycles. The number of thiocarbonyl (C=S) groups is 1. The highest BCUT2D eigenvalue weighted by atomic mass is 32.1. The molecule has 2 aromatic rings. The first-order chi connectivity index (χ1) is 15.3. The van der Waals surface area contributed by atoms with Gasteiger partial charge < -0.3 is 19.5 Å². The molecule has 0 saturated carbocycles. The predicted molar refractivity (Wildman–Crippen MR) is 127 cm³/mol. The van der Waals surface area contributed by atoms with Crippen LogP contribution in [0, 0.1) is 0 Å². The van der Waals surface area contributed by atoms with Crippen LogP contribution < -0.4 is 10.2 Å². The molecule has 1 saturated heterocycles. The van der Waals surface area contributed by atoms with Crippen LogP contribution in [0.4, 0.5) is 10.5 Å². The molecule has 32 heavy (non-hydrogen) atoms. The number of carbonyl (C=O) groups excluding carboxylic acids is 2. The van der Waals surface area contributed by atoms with E-state index in [9.17, 15) is 9.59 Å². The van der Waals surface area contributed by atoms with Gasteiger partial charge in [-0.1, -0.05) is 24.3 Å². The Balaban J connectivity index is 1.51. The first-order valence-corrected chi connectivity index (χ1v) is 11.2. The minimum absolute atomic E-state index is 0.212. The van der Waals surface area contributed by atoms with E-state index in [4.69, 9.17) is 17.0 Å². The number of amides is 2. The SMILES string of the molecule is CC(C)(C)OC(=O)N1CCC(c2ccccc2CN2C(=C=S)NC(=O)c3[nH]ccc32)CC1. The Bertz CT molecular complexity index is 1070. The van der Waals surface area contributed by atoms with Crippen molar-refractivity contribution in [2.24, 2.45) is 0 Å². The topological polar surface area (TPSA) is 77.7 Å². The standard InChI is InChI=1S/C24H28N4O3S/c1-24(2,3)31-23(30)27-12-9-16(10-13-27)18-7-5-4-6-17(18)14-28-19-8-11-25-21(19)22(29)26-20(28)15-32/h4-8,11,16,25H,9-10,12-14H2,1-3H3,(H,26,29). The fraction of sp³-hybridized carbons (Fsp3) is 0.417. The van der Waals surface area contributed by atoms with E-state index < -0.39 is 5.60 Å². The largest absolute Gasteiger partial charge is 0.444 e. The molecule has 0 spiro atoms. The first-order valence-electron chi connectivity index (χ1n) is 10.8. The predicted octanol–water partition coefficient (Wildman–Crippen LogP) is 4.32. The fourth-order valence-electron chi connectivity index (χ4n) is 4.32. The van der Waals surface area contributed by atoms with Gasteiger partial charge in [0.15, 0.2) is 5.82 Å². The van der Waals surface area contributed by atoms with Gasteiger partial charge >= 0.3 is 6.09 Å². The lowest BCUT2D eigenvalue weighted by atomic mass is 9.86. The van der Waals surface area contributed by atoms with Crippen LogP contribution >= 0.6 is 12.2 Å². The molecular formula is C24H28N4O3S. The molecule has 1 aromatic carbocycles. The number of rotatable bonds is 3. The number of fused-ring (bicyclic) bond motifs is 1. The maximum absolute atomic E-state index is 12.4. The van der Waals surface area contributed by atoms with Crippen molar-refractivity contribution in [3.8, 4) is 0 Å². The van der Waals surface area contributed by atoms with Crippen LogP contribution in [0.15, 0.2) is 42.3 Å². The molecular weight excluding hydrogens is 424 g/mol. The lowest BCUT2D eigenvalue weighted by molar-refractivity contribution is 0.0204. The number of aromatic amines is 1.